The monoisotopic (exact) mass is 601 g/mol. The summed E-state index contributed by atoms with van der Waals surface area (Å²) in [5, 5.41) is 20.9. The molecule has 200 valence electrons. The molecule has 3 aromatic carbocycles. The first-order valence-corrected chi connectivity index (χ1v) is 12.4. The molecule has 4 aromatic rings. The van der Waals surface area contributed by atoms with Crippen LogP contribution in [0.2, 0.25) is 0 Å². The Kier molecular flexibility index (Phi) is 7.00. The fourth-order valence-corrected chi connectivity index (χ4v) is 4.50. The molecule has 0 radical (unpaired) electrons. The Morgan fingerprint density at radius 2 is 1.79 bits per heavy atom. The van der Waals surface area contributed by atoms with Crippen LogP contribution in [0, 0.1) is 10.1 Å². The highest BCUT2D eigenvalue weighted by Gasteiger charge is 2.46. The molecule has 13 heteroatoms. The maximum atomic E-state index is 14.0. The van der Waals surface area contributed by atoms with Gasteiger partial charge in [-0.3, -0.25) is 14.9 Å². The van der Waals surface area contributed by atoms with Gasteiger partial charge in [0.2, 0.25) is 0 Å². The number of anilines is 2. The number of nitrogens with one attached hydrogen (secondary N) is 2. The second kappa shape index (κ2) is 10.4. The van der Waals surface area contributed by atoms with E-state index in [0.717, 1.165) is 15.2 Å². The Hall–Kier alpha value is -4.39. The summed E-state index contributed by atoms with van der Waals surface area (Å²) in [5.41, 5.74) is 0.0202. The van der Waals surface area contributed by atoms with Gasteiger partial charge in [-0.05, 0) is 29.8 Å². The molecule has 0 saturated carbocycles. The van der Waals surface area contributed by atoms with Crippen LogP contribution in [0.15, 0.2) is 83.3 Å². The quantitative estimate of drug-likeness (QED) is 0.178. The first kappa shape index (κ1) is 26.2. The SMILES string of the molecule is O=C(Nc1cc(Oc2ccccc2)cc([N+](=O)[O-])c1)c1cc2n(n1)[C@@H](C(F)(F)F)C[C@H](c1ccc(Br)cc1)N2. The van der Waals surface area contributed by atoms with E-state index in [2.05, 4.69) is 31.7 Å². The Balaban J connectivity index is 1.42. The summed E-state index contributed by atoms with van der Waals surface area (Å²) < 4.78 is 49.2. The van der Waals surface area contributed by atoms with Crippen LogP contribution in [-0.2, 0) is 0 Å². The smallest absolute Gasteiger partial charge is 0.410 e. The molecule has 0 aliphatic carbocycles. The lowest BCUT2D eigenvalue weighted by atomic mass is 9.97. The van der Waals surface area contributed by atoms with E-state index < -0.39 is 29.1 Å². The number of hydrogen-bond donors (Lipinski definition) is 2. The van der Waals surface area contributed by atoms with Crippen molar-refractivity contribution in [3.05, 3.63) is 105 Å². The average Bonchev–Trinajstić information content (AvgIpc) is 3.33. The number of hydrogen-bond acceptors (Lipinski definition) is 6. The first-order chi connectivity index (χ1) is 18.6. The van der Waals surface area contributed by atoms with Crippen molar-refractivity contribution in [2.75, 3.05) is 10.6 Å². The third kappa shape index (κ3) is 5.87. The number of rotatable bonds is 6. The van der Waals surface area contributed by atoms with Crippen molar-refractivity contribution in [2.45, 2.75) is 24.7 Å². The largest absolute Gasteiger partial charge is 0.457 e. The third-order valence-corrected chi connectivity index (χ3v) is 6.56. The number of amides is 1. The van der Waals surface area contributed by atoms with Gasteiger partial charge in [-0.2, -0.15) is 18.3 Å². The highest BCUT2D eigenvalue weighted by atomic mass is 79.9. The number of aromatic nitrogens is 2. The molecule has 2 N–H and O–H groups in total. The van der Waals surface area contributed by atoms with Crippen LogP contribution in [0.5, 0.6) is 11.5 Å². The Morgan fingerprint density at radius 1 is 1.08 bits per heavy atom. The normalized spacial score (nSPS) is 16.6. The summed E-state index contributed by atoms with van der Waals surface area (Å²) in [6.07, 6.45) is -4.94. The van der Waals surface area contributed by atoms with Gasteiger partial charge in [0.05, 0.1) is 22.7 Å². The molecule has 1 aliphatic heterocycles. The minimum Gasteiger partial charge on any atom is -0.457 e. The number of ether oxygens (including phenoxy) is 1. The van der Waals surface area contributed by atoms with Gasteiger partial charge in [0.1, 0.15) is 17.3 Å². The van der Waals surface area contributed by atoms with Crippen LogP contribution >= 0.6 is 15.9 Å². The van der Waals surface area contributed by atoms with Crippen molar-refractivity contribution in [3.63, 3.8) is 0 Å². The number of carbonyl (C=O) groups excluding carboxylic acids is 1. The number of benzene rings is 3. The summed E-state index contributed by atoms with van der Waals surface area (Å²) in [7, 11) is 0. The van der Waals surface area contributed by atoms with E-state index in [9.17, 15) is 28.1 Å². The van der Waals surface area contributed by atoms with E-state index in [-0.39, 0.29) is 35.1 Å². The van der Waals surface area contributed by atoms with Gasteiger partial charge in [-0.15, -0.1) is 0 Å². The predicted octanol–water partition coefficient (Wildman–Crippen LogP) is 7.26. The van der Waals surface area contributed by atoms with Crippen LogP contribution in [0.3, 0.4) is 0 Å². The van der Waals surface area contributed by atoms with Gasteiger partial charge in [0, 0.05) is 29.1 Å². The molecular formula is C26H19BrF3N5O4. The molecule has 5 rings (SSSR count). The lowest BCUT2D eigenvalue weighted by Crippen LogP contribution is -2.35. The van der Waals surface area contributed by atoms with Crippen LogP contribution in [0.1, 0.15) is 34.6 Å². The van der Waals surface area contributed by atoms with Crippen LogP contribution in [0.25, 0.3) is 0 Å². The zero-order valence-corrected chi connectivity index (χ0v) is 21.4. The average molecular weight is 602 g/mol. The molecule has 0 unspecified atom stereocenters. The summed E-state index contributed by atoms with van der Waals surface area (Å²) in [5.74, 6) is -0.313. The minimum atomic E-state index is -4.62. The Bertz CT molecular complexity index is 1530. The van der Waals surface area contributed by atoms with E-state index >= 15 is 0 Å². The molecule has 1 amide bonds. The number of alkyl halides is 3. The van der Waals surface area contributed by atoms with Crippen molar-refractivity contribution in [3.8, 4) is 11.5 Å². The first-order valence-electron chi connectivity index (χ1n) is 11.6. The van der Waals surface area contributed by atoms with Gasteiger partial charge in [-0.1, -0.05) is 46.3 Å². The molecule has 9 nitrogen and oxygen atoms in total. The number of nitrogens with zero attached hydrogens (tertiary/aromatic N) is 3. The van der Waals surface area contributed by atoms with Gasteiger partial charge < -0.3 is 15.4 Å². The summed E-state index contributed by atoms with van der Waals surface area (Å²) in [6.45, 7) is 0. The van der Waals surface area contributed by atoms with E-state index in [1.54, 1.807) is 54.6 Å². The zero-order valence-electron chi connectivity index (χ0n) is 19.9. The number of nitro groups is 1. The summed E-state index contributed by atoms with van der Waals surface area (Å²) >= 11 is 3.31. The van der Waals surface area contributed by atoms with Crippen LogP contribution in [-0.4, -0.2) is 26.8 Å². The molecule has 1 aliphatic rings. The van der Waals surface area contributed by atoms with Crippen molar-refractivity contribution >= 4 is 39.0 Å². The van der Waals surface area contributed by atoms with Crippen LogP contribution in [0.4, 0.5) is 30.4 Å². The minimum absolute atomic E-state index is 0.0131. The molecule has 0 spiro atoms. The number of carbonyl (C=O) groups is 1. The summed E-state index contributed by atoms with van der Waals surface area (Å²) in [6, 6.07) is 17.7. The van der Waals surface area contributed by atoms with E-state index in [1.807, 2.05) is 0 Å². The maximum absolute atomic E-state index is 14.0. The molecule has 0 bridgehead atoms. The van der Waals surface area contributed by atoms with Gasteiger partial charge in [0.15, 0.2) is 11.7 Å². The number of nitro benzene ring substituents is 1. The van der Waals surface area contributed by atoms with Gasteiger partial charge in [0.25, 0.3) is 11.6 Å². The Morgan fingerprint density at radius 3 is 2.46 bits per heavy atom. The fraction of sp³-hybridized carbons (Fsp3) is 0.154. The standard InChI is InChI=1S/C26H19BrF3N5O4/c27-16-8-6-15(7-9-16)21-13-23(26(28,29)30)34-24(32-21)14-22(33-34)25(36)31-17-10-18(35(37)38)12-20(11-17)39-19-4-2-1-3-5-19/h1-12,14,21,23,32H,13H2,(H,31,36)/t21-,23-/m1/s1. The van der Waals surface area contributed by atoms with Crippen molar-refractivity contribution in [1.29, 1.82) is 0 Å². The van der Waals surface area contributed by atoms with Crippen LogP contribution < -0.4 is 15.4 Å². The molecule has 1 aromatic heterocycles. The van der Waals surface area contributed by atoms with E-state index in [4.69, 9.17) is 4.74 Å². The zero-order chi connectivity index (χ0) is 27.7. The molecular weight excluding hydrogens is 583 g/mol. The van der Waals surface area contributed by atoms with E-state index in [0.29, 0.717) is 11.3 Å². The van der Waals surface area contributed by atoms with Crippen molar-refractivity contribution in [2.24, 2.45) is 0 Å². The molecule has 2 heterocycles. The molecule has 2 atom stereocenters. The van der Waals surface area contributed by atoms with Gasteiger partial charge >= 0.3 is 6.18 Å². The number of fused-ring (bicyclic) bond motifs is 1. The second-order valence-corrected chi connectivity index (χ2v) is 9.66. The molecule has 0 fully saturated rings. The van der Waals surface area contributed by atoms with Crippen molar-refractivity contribution < 1.29 is 27.6 Å². The second-order valence-electron chi connectivity index (χ2n) is 8.74. The number of non-ortho nitro benzene ring substituents is 1. The fourth-order valence-electron chi connectivity index (χ4n) is 4.24. The van der Waals surface area contributed by atoms with Gasteiger partial charge in [-0.25, -0.2) is 4.68 Å². The topological polar surface area (TPSA) is 111 Å². The maximum Gasteiger partial charge on any atom is 0.410 e. The third-order valence-electron chi connectivity index (χ3n) is 6.03. The molecule has 39 heavy (non-hydrogen) atoms. The highest BCUT2D eigenvalue weighted by molar-refractivity contribution is 9.10. The summed E-state index contributed by atoms with van der Waals surface area (Å²) in [4.78, 5) is 23.8. The number of halogens is 4. The Labute approximate surface area is 227 Å². The predicted molar refractivity (Wildman–Crippen MR) is 140 cm³/mol. The molecule has 0 saturated heterocycles. The lowest BCUT2D eigenvalue weighted by Gasteiger charge is -2.33. The number of para-hydroxylation sites is 1. The lowest BCUT2D eigenvalue weighted by molar-refractivity contribution is -0.384. The van der Waals surface area contributed by atoms with E-state index in [1.165, 1.54) is 18.2 Å². The van der Waals surface area contributed by atoms with Crippen molar-refractivity contribution in [1.82, 2.24) is 9.78 Å². The highest BCUT2D eigenvalue weighted by Crippen LogP contribution is 2.44.